The maximum atomic E-state index is 6.10. The number of nitrogens with zero attached hydrogens (tertiary/aromatic N) is 2. The van der Waals surface area contributed by atoms with E-state index in [9.17, 15) is 0 Å². The third-order valence-corrected chi connectivity index (χ3v) is 5.20. The normalized spacial score (nSPS) is 23.2. The number of piperazine rings is 1. The van der Waals surface area contributed by atoms with Crippen LogP contribution in [0, 0.1) is 5.41 Å². The van der Waals surface area contributed by atoms with Crippen molar-refractivity contribution >= 4 is 17.3 Å². The van der Waals surface area contributed by atoms with E-state index in [1.807, 2.05) is 12.1 Å². The topological polar surface area (TPSA) is 18.5 Å². The van der Waals surface area contributed by atoms with Crippen LogP contribution in [0.15, 0.2) is 24.3 Å². The molecule has 0 saturated carbocycles. The van der Waals surface area contributed by atoms with Gasteiger partial charge in [0.1, 0.15) is 0 Å². The van der Waals surface area contributed by atoms with E-state index in [0.29, 0.717) is 5.41 Å². The molecular weight excluding hydrogens is 282 g/mol. The van der Waals surface area contributed by atoms with Crippen molar-refractivity contribution in [3.05, 3.63) is 29.3 Å². The van der Waals surface area contributed by atoms with Crippen LogP contribution in [0.25, 0.3) is 0 Å². The third kappa shape index (κ3) is 3.91. The van der Waals surface area contributed by atoms with Crippen molar-refractivity contribution in [3.63, 3.8) is 0 Å². The van der Waals surface area contributed by atoms with Crippen molar-refractivity contribution in [2.24, 2.45) is 5.41 Å². The molecular formula is C17H26ClN3. The Morgan fingerprint density at radius 1 is 1.14 bits per heavy atom. The molecule has 0 aromatic heterocycles. The van der Waals surface area contributed by atoms with Gasteiger partial charge in [0, 0.05) is 43.4 Å². The lowest BCUT2D eigenvalue weighted by molar-refractivity contribution is 0.123. The highest BCUT2D eigenvalue weighted by Crippen LogP contribution is 2.29. The predicted octanol–water partition coefficient (Wildman–Crippen LogP) is 2.85. The quantitative estimate of drug-likeness (QED) is 0.926. The summed E-state index contributed by atoms with van der Waals surface area (Å²) in [6.07, 6.45) is 2.61. The van der Waals surface area contributed by atoms with Crippen molar-refractivity contribution in [1.29, 1.82) is 0 Å². The molecule has 0 aliphatic carbocycles. The smallest absolute Gasteiger partial charge is 0.0426 e. The monoisotopic (exact) mass is 307 g/mol. The first-order chi connectivity index (χ1) is 10.1. The number of piperidine rings is 1. The molecule has 21 heavy (non-hydrogen) atoms. The molecule has 3 rings (SSSR count). The van der Waals surface area contributed by atoms with Crippen LogP contribution in [-0.4, -0.2) is 50.7 Å². The molecule has 0 amide bonds. The summed E-state index contributed by atoms with van der Waals surface area (Å²) >= 11 is 6.10. The summed E-state index contributed by atoms with van der Waals surface area (Å²) in [7, 11) is 0. The van der Waals surface area contributed by atoms with Gasteiger partial charge in [-0.2, -0.15) is 0 Å². The standard InChI is InChI=1S/C17H26ClN3/c1-17(5-7-19-8-6-17)14-20-9-11-21(12-10-20)16-4-2-3-15(18)13-16/h2-4,13,19H,5-12,14H2,1H3. The number of halogens is 1. The maximum Gasteiger partial charge on any atom is 0.0426 e. The van der Waals surface area contributed by atoms with Gasteiger partial charge in [0.25, 0.3) is 0 Å². The average molecular weight is 308 g/mol. The second-order valence-electron chi connectivity index (χ2n) is 6.80. The molecule has 1 aromatic carbocycles. The summed E-state index contributed by atoms with van der Waals surface area (Å²) in [5, 5.41) is 4.30. The summed E-state index contributed by atoms with van der Waals surface area (Å²) in [5.41, 5.74) is 1.76. The number of hydrogen-bond acceptors (Lipinski definition) is 3. The zero-order valence-corrected chi connectivity index (χ0v) is 13.7. The van der Waals surface area contributed by atoms with E-state index in [0.717, 1.165) is 31.2 Å². The SMILES string of the molecule is CC1(CN2CCN(c3cccc(Cl)c3)CC2)CCNCC1. The van der Waals surface area contributed by atoms with E-state index in [4.69, 9.17) is 11.6 Å². The lowest BCUT2D eigenvalue weighted by atomic mass is 9.80. The van der Waals surface area contributed by atoms with Gasteiger partial charge < -0.3 is 10.2 Å². The molecule has 1 aromatic rings. The van der Waals surface area contributed by atoms with Crippen molar-refractivity contribution in [2.45, 2.75) is 19.8 Å². The zero-order chi connectivity index (χ0) is 14.7. The second kappa shape index (κ2) is 6.55. The molecule has 0 unspecified atom stereocenters. The molecule has 0 spiro atoms. The predicted molar refractivity (Wildman–Crippen MR) is 90.3 cm³/mol. The highest BCUT2D eigenvalue weighted by atomic mass is 35.5. The van der Waals surface area contributed by atoms with E-state index < -0.39 is 0 Å². The van der Waals surface area contributed by atoms with E-state index >= 15 is 0 Å². The number of rotatable bonds is 3. The van der Waals surface area contributed by atoms with Gasteiger partial charge in [-0.25, -0.2) is 0 Å². The minimum absolute atomic E-state index is 0.503. The molecule has 0 radical (unpaired) electrons. The van der Waals surface area contributed by atoms with Gasteiger partial charge >= 0.3 is 0 Å². The first kappa shape index (κ1) is 15.1. The Balaban J connectivity index is 1.53. The highest BCUT2D eigenvalue weighted by molar-refractivity contribution is 6.30. The zero-order valence-electron chi connectivity index (χ0n) is 12.9. The number of benzene rings is 1. The van der Waals surface area contributed by atoms with Gasteiger partial charge in [-0.15, -0.1) is 0 Å². The van der Waals surface area contributed by atoms with E-state index in [1.54, 1.807) is 0 Å². The maximum absolute atomic E-state index is 6.10. The lowest BCUT2D eigenvalue weighted by Crippen LogP contribution is -2.51. The van der Waals surface area contributed by atoms with Crippen LogP contribution < -0.4 is 10.2 Å². The van der Waals surface area contributed by atoms with E-state index in [-0.39, 0.29) is 0 Å². The number of nitrogens with one attached hydrogen (secondary N) is 1. The van der Waals surface area contributed by atoms with Crippen molar-refractivity contribution in [1.82, 2.24) is 10.2 Å². The van der Waals surface area contributed by atoms with Crippen molar-refractivity contribution < 1.29 is 0 Å². The number of hydrogen-bond donors (Lipinski definition) is 1. The van der Waals surface area contributed by atoms with Crippen molar-refractivity contribution in [2.75, 3.05) is 50.7 Å². The Bertz CT molecular complexity index is 463. The molecule has 2 heterocycles. The minimum Gasteiger partial charge on any atom is -0.369 e. The molecule has 1 N–H and O–H groups in total. The molecule has 2 aliphatic heterocycles. The molecule has 4 heteroatoms. The molecule has 3 nitrogen and oxygen atoms in total. The molecule has 2 aliphatic rings. The van der Waals surface area contributed by atoms with Crippen LogP contribution in [-0.2, 0) is 0 Å². The Kier molecular flexibility index (Phi) is 4.72. The third-order valence-electron chi connectivity index (χ3n) is 4.96. The summed E-state index contributed by atoms with van der Waals surface area (Å²) in [6.45, 7) is 10.6. The van der Waals surface area contributed by atoms with Gasteiger partial charge in [-0.3, -0.25) is 4.90 Å². The van der Waals surface area contributed by atoms with Gasteiger partial charge in [0.05, 0.1) is 0 Å². The first-order valence-electron chi connectivity index (χ1n) is 8.08. The van der Waals surface area contributed by atoms with Crippen LogP contribution in [0.2, 0.25) is 5.02 Å². The van der Waals surface area contributed by atoms with E-state index in [1.165, 1.54) is 38.2 Å². The fraction of sp³-hybridized carbons (Fsp3) is 0.647. The van der Waals surface area contributed by atoms with Gasteiger partial charge in [0.15, 0.2) is 0 Å². The Morgan fingerprint density at radius 3 is 2.52 bits per heavy atom. The summed E-state index contributed by atoms with van der Waals surface area (Å²) in [4.78, 5) is 5.10. The Labute approximate surface area is 133 Å². The van der Waals surface area contributed by atoms with Crippen LogP contribution in [0.1, 0.15) is 19.8 Å². The summed E-state index contributed by atoms with van der Waals surface area (Å²) in [5.74, 6) is 0. The summed E-state index contributed by atoms with van der Waals surface area (Å²) < 4.78 is 0. The molecule has 0 bridgehead atoms. The Morgan fingerprint density at radius 2 is 1.86 bits per heavy atom. The van der Waals surface area contributed by atoms with E-state index in [2.05, 4.69) is 34.2 Å². The van der Waals surface area contributed by atoms with Crippen LogP contribution in [0.4, 0.5) is 5.69 Å². The fourth-order valence-electron chi connectivity index (χ4n) is 3.57. The average Bonchev–Trinajstić information content (AvgIpc) is 2.48. The van der Waals surface area contributed by atoms with Crippen molar-refractivity contribution in [3.8, 4) is 0 Å². The van der Waals surface area contributed by atoms with Gasteiger partial charge in [-0.1, -0.05) is 24.6 Å². The van der Waals surface area contributed by atoms with Gasteiger partial charge in [0.2, 0.25) is 0 Å². The number of anilines is 1. The van der Waals surface area contributed by atoms with Crippen LogP contribution in [0.5, 0.6) is 0 Å². The Hall–Kier alpha value is -0.770. The summed E-state index contributed by atoms with van der Waals surface area (Å²) in [6, 6.07) is 8.22. The lowest BCUT2D eigenvalue weighted by Gasteiger charge is -2.42. The first-order valence-corrected chi connectivity index (χ1v) is 8.46. The van der Waals surface area contributed by atoms with Gasteiger partial charge in [-0.05, 0) is 49.5 Å². The molecule has 0 atom stereocenters. The molecule has 2 saturated heterocycles. The second-order valence-corrected chi connectivity index (χ2v) is 7.24. The highest BCUT2D eigenvalue weighted by Gasteiger charge is 2.30. The minimum atomic E-state index is 0.503. The van der Waals surface area contributed by atoms with Crippen LogP contribution >= 0.6 is 11.6 Å². The largest absolute Gasteiger partial charge is 0.369 e. The molecule has 2 fully saturated rings. The molecule has 116 valence electrons. The van der Waals surface area contributed by atoms with Crippen LogP contribution in [0.3, 0.4) is 0 Å². The fourth-order valence-corrected chi connectivity index (χ4v) is 3.75.